The van der Waals surface area contributed by atoms with E-state index in [1.54, 1.807) is 12.1 Å². The summed E-state index contributed by atoms with van der Waals surface area (Å²) in [5.41, 5.74) is 19.8. The van der Waals surface area contributed by atoms with Gasteiger partial charge in [-0.25, -0.2) is 4.98 Å². The van der Waals surface area contributed by atoms with E-state index in [0.29, 0.717) is 28.9 Å². The van der Waals surface area contributed by atoms with Gasteiger partial charge in [0.2, 0.25) is 0 Å². The van der Waals surface area contributed by atoms with Crippen LogP contribution in [0.5, 0.6) is 5.75 Å². The van der Waals surface area contributed by atoms with Crippen molar-refractivity contribution in [2.24, 2.45) is 0 Å². The quantitative estimate of drug-likeness (QED) is 0.346. The van der Waals surface area contributed by atoms with Crippen LogP contribution < -0.4 is 16.4 Å². The van der Waals surface area contributed by atoms with E-state index in [9.17, 15) is 10.4 Å². The van der Waals surface area contributed by atoms with Crippen LogP contribution in [0.2, 0.25) is 0 Å². The molecule has 0 unspecified atom stereocenters. The number of benzene rings is 3. The number of nitrogens with two attached hydrogens (primary N) is 2. The molecule has 0 spiro atoms. The first-order chi connectivity index (χ1) is 17.0. The summed E-state index contributed by atoms with van der Waals surface area (Å²) >= 11 is 0. The Bertz CT molecular complexity index is 1420. The number of nitriles is 1. The van der Waals surface area contributed by atoms with Crippen molar-refractivity contribution in [3.8, 4) is 34.2 Å². The highest BCUT2D eigenvalue weighted by Crippen LogP contribution is 2.37. The molecule has 3 aromatic carbocycles. The molecule has 4 aromatic rings. The van der Waals surface area contributed by atoms with E-state index < -0.39 is 0 Å². The van der Waals surface area contributed by atoms with E-state index in [4.69, 9.17) is 11.5 Å². The number of hydrogen-bond donors (Lipinski definition) is 3. The van der Waals surface area contributed by atoms with Crippen molar-refractivity contribution in [2.75, 3.05) is 29.5 Å². The first-order valence-corrected chi connectivity index (χ1v) is 11.7. The highest BCUT2D eigenvalue weighted by atomic mass is 16.3. The normalized spacial score (nSPS) is 13.1. The van der Waals surface area contributed by atoms with Gasteiger partial charge in [0.05, 0.1) is 17.1 Å². The van der Waals surface area contributed by atoms with Gasteiger partial charge in [0.15, 0.2) is 0 Å². The Morgan fingerprint density at radius 2 is 1.69 bits per heavy atom. The minimum Gasteiger partial charge on any atom is -0.508 e. The molecular formula is C29H27N5O. The molecule has 1 fully saturated rings. The smallest absolute Gasteiger partial charge is 0.142 e. The van der Waals surface area contributed by atoms with Crippen LogP contribution >= 0.6 is 0 Å². The number of pyridine rings is 1. The second-order valence-corrected chi connectivity index (χ2v) is 8.90. The minimum atomic E-state index is 0.168. The van der Waals surface area contributed by atoms with Crippen molar-refractivity contribution in [2.45, 2.75) is 19.3 Å². The maximum Gasteiger partial charge on any atom is 0.142 e. The molecule has 1 aliphatic heterocycles. The van der Waals surface area contributed by atoms with Gasteiger partial charge >= 0.3 is 0 Å². The molecular weight excluding hydrogens is 434 g/mol. The van der Waals surface area contributed by atoms with Crippen LogP contribution in [0, 0.1) is 11.3 Å². The van der Waals surface area contributed by atoms with Gasteiger partial charge < -0.3 is 21.5 Å². The van der Waals surface area contributed by atoms with Gasteiger partial charge in [0.25, 0.3) is 0 Å². The largest absolute Gasteiger partial charge is 0.508 e. The van der Waals surface area contributed by atoms with E-state index in [-0.39, 0.29) is 11.6 Å². The Morgan fingerprint density at radius 3 is 2.40 bits per heavy atom. The van der Waals surface area contributed by atoms with Crippen molar-refractivity contribution in [1.29, 1.82) is 5.26 Å². The number of phenolic OH excluding ortho intramolecular Hbond substituents is 1. The second-order valence-electron chi connectivity index (χ2n) is 8.90. The van der Waals surface area contributed by atoms with Crippen LogP contribution in [-0.4, -0.2) is 23.2 Å². The molecule has 5 N–H and O–H groups in total. The van der Waals surface area contributed by atoms with Crippen molar-refractivity contribution >= 4 is 17.2 Å². The van der Waals surface area contributed by atoms with E-state index in [1.165, 1.54) is 12.8 Å². The lowest BCUT2D eigenvalue weighted by molar-refractivity contribution is 0.475. The van der Waals surface area contributed by atoms with Gasteiger partial charge in [-0.15, -0.1) is 0 Å². The summed E-state index contributed by atoms with van der Waals surface area (Å²) in [7, 11) is 0. The van der Waals surface area contributed by atoms with Gasteiger partial charge in [0.1, 0.15) is 23.2 Å². The average Bonchev–Trinajstić information content (AvgIpc) is 3.39. The summed E-state index contributed by atoms with van der Waals surface area (Å²) in [5, 5.41) is 20.0. The van der Waals surface area contributed by atoms with Crippen LogP contribution in [0.25, 0.3) is 22.4 Å². The highest BCUT2D eigenvalue weighted by Gasteiger charge is 2.19. The third-order valence-corrected chi connectivity index (χ3v) is 6.55. The summed E-state index contributed by atoms with van der Waals surface area (Å²) in [6.45, 7) is 2.01. The van der Waals surface area contributed by atoms with Crippen molar-refractivity contribution in [1.82, 2.24) is 4.98 Å². The van der Waals surface area contributed by atoms with Crippen molar-refractivity contribution in [3.05, 3.63) is 89.5 Å². The average molecular weight is 462 g/mol. The lowest BCUT2D eigenvalue weighted by Crippen LogP contribution is -2.18. The Balaban J connectivity index is 1.60. The number of aromatic nitrogens is 1. The summed E-state index contributed by atoms with van der Waals surface area (Å²) in [6, 6.07) is 25.3. The molecule has 0 radical (unpaired) electrons. The lowest BCUT2D eigenvalue weighted by Gasteiger charge is -2.20. The third kappa shape index (κ3) is 4.49. The molecule has 2 heterocycles. The molecule has 0 bridgehead atoms. The van der Waals surface area contributed by atoms with Crippen LogP contribution in [0.1, 0.15) is 29.5 Å². The molecule has 1 aromatic heterocycles. The zero-order valence-electron chi connectivity index (χ0n) is 19.4. The Kier molecular flexibility index (Phi) is 5.99. The third-order valence-electron chi connectivity index (χ3n) is 6.55. The molecule has 174 valence electrons. The van der Waals surface area contributed by atoms with Crippen molar-refractivity contribution in [3.63, 3.8) is 0 Å². The summed E-state index contributed by atoms with van der Waals surface area (Å²) in [6.07, 6.45) is 2.96. The molecule has 0 aliphatic carbocycles. The van der Waals surface area contributed by atoms with Crippen LogP contribution in [0.15, 0.2) is 72.8 Å². The summed E-state index contributed by atoms with van der Waals surface area (Å²) in [4.78, 5) is 6.86. The molecule has 0 atom stereocenters. The fraction of sp³-hybridized carbons (Fsp3) is 0.172. The van der Waals surface area contributed by atoms with E-state index in [1.807, 2.05) is 60.7 Å². The summed E-state index contributed by atoms with van der Waals surface area (Å²) in [5.74, 6) is 0.354. The molecule has 1 aliphatic rings. The van der Waals surface area contributed by atoms with Crippen LogP contribution in [0.3, 0.4) is 0 Å². The molecule has 5 rings (SSSR count). The lowest BCUT2D eigenvalue weighted by atomic mass is 9.94. The first-order valence-electron chi connectivity index (χ1n) is 11.7. The number of aromatic hydroxyl groups is 1. The number of nitrogen functional groups attached to an aromatic ring is 2. The maximum atomic E-state index is 10.2. The van der Waals surface area contributed by atoms with E-state index in [0.717, 1.165) is 41.0 Å². The number of rotatable bonds is 5. The van der Waals surface area contributed by atoms with Crippen molar-refractivity contribution < 1.29 is 5.11 Å². The molecule has 6 nitrogen and oxygen atoms in total. The molecule has 0 saturated carbocycles. The highest BCUT2D eigenvalue weighted by molar-refractivity contribution is 5.84. The molecule has 0 amide bonds. The zero-order chi connectivity index (χ0) is 24.4. The number of anilines is 3. The number of hydrogen-bond acceptors (Lipinski definition) is 6. The maximum absolute atomic E-state index is 10.2. The Hall–Kier alpha value is -4.50. The van der Waals surface area contributed by atoms with Gasteiger partial charge in [0, 0.05) is 24.2 Å². The fourth-order valence-electron chi connectivity index (χ4n) is 4.81. The molecule has 35 heavy (non-hydrogen) atoms. The first kappa shape index (κ1) is 22.3. The van der Waals surface area contributed by atoms with Gasteiger partial charge in [-0.05, 0) is 72.4 Å². The monoisotopic (exact) mass is 461 g/mol. The van der Waals surface area contributed by atoms with Gasteiger partial charge in [-0.3, -0.25) is 0 Å². The van der Waals surface area contributed by atoms with Crippen LogP contribution in [-0.2, 0) is 6.42 Å². The predicted molar refractivity (Wildman–Crippen MR) is 141 cm³/mol. The topological polar surface area (TPSA) is 112 Å². The minimum absolute atomic E-state index is 0.168. The Morgan fingerprint density at radius 1 is 0.914 bits per heavy atom. The van der Waals surface area contributed by atoms with Gasteiger partial charge in [-0.2, -0.15) is 5.26 Å². The number of phenols is 1. The predicted octanol–water partition coefficient (Wildman–Crippen LogP) is 5.35. The van der Waals surface area contributed by atoms with Crippen LogP contribution in [0.4, 0.5) is 17.2 Å². The number of nitrogens with zero attached hydrogens (tertiary/aromatic N) is 3. The molecule has 6 heteroatoms. The standard InChI is InChI=1S/C29H27N5O/c30-18-25-24(20-8-11-28(26(31)16-20)34-12-4-5-13-34)17-27(33-29(25)32)23-10-9-22(35)15-21(23)14-19-6-2-1-3-7-19/h1-3,6-11,15-17,35H,4-5,12-14,31H2,(H2,32,33). The zero-order valence-corrected chi connectivity index (χ0v) is 19.4. The van der Waals surface area contributed by atoms with E-state index >= 15 is 0 Å². The SMILES string of the molecule is N#Cc1c(-c2ccc(N3CCCC3)c(N)c2)cc(-c2ccc(O)cc2Cc2ccccc2)nc1N. The second kappa shape index (κ2) is 9.40. The Labute approximate surface area is 205 Å². The van der Waals surface area contributed by atoms with E-state index in [2.05, 4.69) is 16.0 Å². The fourth-order valence-corrected chi connectivity index (χ4v) is 4.81. The van der Waals surface area contributed by atoms with Gasteiger partial charge in [-0.1, -0.05) is 36.4 Å². The summed E-state index contributed by atoms with van der Waals surface area (Å²) < 4.78 is 0. The molecule has 1 saturated heterocycles.